The van der Waals surface area contributed by atoms with Crippen LogP contribution < -0.4 is 11.4 Å². The first-order valence-electron chi connectivity index (χ1n) is 5.51. The summed E-state index contributed by atoms with van der Waals surface area (Å²) in [6.45, 7) is -1.98. The first-order chi connectivity index (χ1) is 8.93. The molecule has 1 aromatic rings. The number of halogens is 1. The van der Waals surface area contributed by atoms with Crippen LogP contribution in [0.2, 0.25) is 0 Å². The van der Waals surface area contributed by atoms with Crippen LogP contribution in [0.4, 0.5) is 10.2 Å². The van der Waals surface area contributed by atoms with Crippen LogP contribution in [-0.4, -0.2) is 56.0 Å². The predicted molar refractivity (Wildman–Crippen MR) is 60.8 cm³/mol. The molecule has 2 rings (SSSR count). The normalized spacial score (nSPS) is 34.6. The maximum Gasteiger partial charge on any atom is 0.351 e. The zero-order valence-corrected chi connectivity index (χ0v) is 9.81. The number of nitrogens with two attached hydrogens (primary N) is 1. The summed E-state index contributed by atoms with van der Waals surface area (Å²) in [4.78, 5) is 15.1. The van der Waals surface area contributed by atoms with E-state index in [0.717, 1.165) is 4.57 Å². The summed E-state index contributed by atoms with van der Waals surface area (Å²) in [5.41, 5.74) is 2.12. The Morgan fingerprint density at radius 2 is 2.32 bits per heavy atom. The molecule has 0 aromatic carbocycles. The van der Waals surface area contributed by atoms with Crippen LogP contribution in [0.1, 0.15) is 6.23 Å². The van der Waals surface area contributed by atoms with Gasteiger partial charge in [-0.15, -0.1) is 0 Å². The van der Waals surface area contributed by atoms with Crippen LogP contribution in [0.5, 0.6) is 0 Å². The highest BCUT2D eigenvalue weighted by atomic mass is 19.1. The van der Waals surface area contributed by atoms with E-state index >= 15 is 0 Å². The van der Waals surface area contributed by atoms with Crippen LogP contribution in [0.3, 0.4) is 0 Å². The predicted octanol–water partition coefficient (Wildman–Crippen LogP) is -2.22. The Kier molecular flexibility index (Phi) is 3.54. The van der Waals surface area contributed by atoms with Gasteiger partial charge in [-0.3, -0.25) is 4.57 Å². The number of alkyl halides is 1. The van der Waals surface area contributed by atoms with Gasteiger partial charge in [0.15, 0.2) is 11.8 Å². The molecule has 0 bridgehead atoms. The SMILES string of the molecule is Nc1ccn([C@@H]2O[C@H](CO)C(O)[C@]2(O)CF)c(=O)n1. The first-order valence-corrected chi connectivity index (χ1v) is 5.51. The van der Waals surface area contributed by atoms with Gasteiger partial charge < -0.3 is 25.8 Å². The minimum atomic E-state index is -2.34. The molecule has 1 saturated heterocycles. The molecule has 2 heterocycles. The van der Waals surface area contributed by atoms with Gasteiger partial charge in [-0.05, 0) is 6.07 Å². The molecule has 1 aliphatic rings. The second-order valence-corrected chi connectivity index (χ2v) is 4.32. The third-order valence-electron chi connectivity index (χ3n) is 3.09. The molecule has 0 spiro atoms. The van der Waals surface area contributed by atoms with Gasteiger partial charge in [0, 0.05) is 6.20 Å². The molecule has 1 aliphatic heterocycles. The molecule has 106 valence electrons. The van der Waals surface area contributed by atoms with E-state index in [1.165, 1.54) is 12.3 Å². The van der Waals surface area contributed by atoms with Gasteiger partial charge in [0.1, 0.15) is 24.7 Å². The molecule has 1 unspecified atom stereocenters. The van der Waals surface area contributed by atoms with Crippen molar-refractivity contribution in [3.63, 3.8) is 0 Å². The van der Waals surface area contributed by atoms with Gasteiger partial charge in [0.05, 0.1) is 6.61 Å². The van der Waals surface area contributed by atoms with Crippen molar-refractivity contribution in [1.82, 2.24) is 9.55 Å². The van der Waals surface area contributed by atoms with Crippen molar-refractivity contribution < 1.29 is 24.4 Å². The number of ether oxygens (including phenoxy) is 1. The summed E-state index contributed by atoms with van der Waals surface area (Å²) in [7, 11) is 0. The van der Waals surface area contributed by atoms with Crippen LogP contribution in [0.15, 0.2) is 17.1 Å². The summed E-state index contributed by atoms with van der Waals surface area (Å²) in [6, 6.07) is 1.27. The molecule has 9 heteroatoms. The van der Waals surface area contributed by atoms with Gasteiger partial charge in [0.2, 0.25) is 0 Å². The summed E-state index contributed by atoms with van der Waals surface area (Å²) < 4.78 is 19.0. The third kappa shape index (κ3) is 2.10. The van der Waals surface area contributed by atoms with Crippen LogP contribution in [-0.2, 0) is 4.74 Å². The van der Waals surface area contributed by atoms with Gasteiger partial charge >= 0.3 is 5.69 Å². The Bertz CT molecular complexity index is 524. The maximum atomic E-state index is 13.1. The number of nitrogen functional groups attached to an aromatic ring is 1. The van der Waals surface area contributed by atoms with E-state index in [1.54, 1.807) is 0 Å². The number of hydrogen-bond donors (Lipinski definition) is 4. The van der Waals surface area contributed by atoms with Crippen molar-refractivity contribution in [3.8, 4) is 0 Å². The second-order valence-electron chi connectivity index (χ2n) is 4.32. The van der Waals surface area contributed by atoms with Crippen molar-refractivity contribution in [1.29, 1.82) is 0 Å². The molecule has 0 aliphatic carbocycles. The number of nitrogens with zero attached hydrogens (tertiary/aromatic N) is 2. The van der Waals surface area contributed by atoms with E-state index in [2.05, 4.69) is 4.98 Å². The van der Waals surface area contributed by atoms with E-state index in [1.807, 2.05) is 0 Å². The molecule has 0 saturated carbocycles. The lowest BCUT2D eigenvalue weighted by Crippen LogP contribution is -2.50. The lowest BCUT2D eigenvalue weighted by Gasteiger charge is -2.28. The molecule has 0 radical (unpaired) electrons. The highest BCUT2D eigenvalue weighted by molar-refractivity contribution is 5.24. The lowest BCUT2D eigenvalue weighted by molar-refractivity contribution is -0.121. The van der Waals surface area contributed by atoms with Gasteiger partial charge in [-0.25, -0.2) is 9.18 Å². The zero-order valence-electron chi connectivity index (χ0n) is 9.81. The fourth-order valence-electron chi connectivity index (χ4n) is 2.02. The topological polar surface area (TPSA) is 131 Å². The Balaban J connectivity index is 2.45. The molecular formula is C10H14FN3O5. The average molecular weight is 275 g/mol. The quantitative estimate of drug-likeness (QED) is 0.491. The number of aliphatic hydroxyl groups is 3. The minimum absolute atomic E-state index is 0.0395. The smallest absolute Gasteiger partial charge is 0.351 e. The van der Waals surface area contributed by atoms with Crippen molar-refractivity contribution in [3.05, 3.63) is 22.7 Å². The monoisotopic (exact) mass is 275 g/mol. The number of hydrogen-bond acceptors (Lipinski definition) is 7. The Labute approximate surface area is 106 Å². The Morgan fingerprint density at radius 3 is 2.84 bits per heavy atom. The molecular weight excluding hydrogens is 261 g/mol. The fourth-order valence-corrected chi connectivity index (χ4v) is 2.02. The van der Waals surface area contributed by atoms with E-state index in [4.69, 9.17) is 15.6 Å². The standard InChI is InChI=1S/C10H14FN3O5/c11-4-10(18)7(16)5(3-15)19-8(10)14-2-1-6(12)13-9(14)17/h1-2,5,7-8,15-16,18H,3-4H2,(H2,12,13,17)/t5-,7?,8-,10-/m1/s1. The molecule has 19 heavy (non-hydrogen) atoms. The van der Waals surface area contributed by atoms with Gasteiger partial charge in [-0.2, -0.15) is 4.98 Å². The van der Waals surface area contributed by atoms with Crippen LogP contribution >= 0.6 is 0 Å². The average Bonchev–Trinajstić information content (AvgIpc) is 2.63. The Hall–Kier alpha value is -1.55. The molecule has 0 amide bonds. The number of anilines is 1. The number of rotatable bonds is 3. The van der Waals surface area contributed by atoms with E-state index in [0.29, 0.717) is 0 Å². The molecule has 1 fully saturated rings. The molecule has 8 nitrogen and oxygen atoms in total. The van der Waals surface area contributed by atoms with E-state index < -0.39 is 43.0 Å². The highest BCUT2D eigenvalue weighted by Crippen LogP contribution is 2.37. The summed E-state index contributed by atoms with van der Waals surface area (Å²) in [6.07, 6.45) is -3.19. The van der Waals surface area contributed by atoms with Crippen LogP contribution in [0.25, 0.3) is 0 Å². The van der Waals surface area contributed by atoms with Crippen LogP contribution in [0, 0.1) is 0 Å². The second kappa shape index (κ2) is 4.85. The van der Waals surface area contributed by atoms with Crippen molar-refractivity contribution >= 4 is 5.82 Å². The van der Waals surface area contributed by atoms with Gasteiger partial charge in [-0.1, -0.05) is 0 Å². The number of aliphatic hydroxyl groups excluding tert-OH is 2. The summed E-state index contributed by atoms with van der Waals surface area (Å²) in [5.74, 6) is -0.0395. The molecule has 5 N–H and O–H groups in total. The Morgan fingerprint density at radius 1 is 1.63 bits per heavy atom. The van der Waals surface area contributed by atoms with Crippen molar-refractivity contribution in [2.45, 2.75) is 24.0 Å². The lowest BCUT2D eigenvalue weighted by atomic mass is 9.95. The number of aromatic nitrogens is 2. The first kappa shape index (κ1) is 13.9. The fraction of sp³-hybridized carbons (Fsp3) is 0.600. The van der Waals surface area contributed by atoms with E-state index in [9.17, 15) is 19.4 Å². The summed E-state index contributed by atoms with van der Waals surface area (Å²) >= 11 is 0. The third-order valence-corrected chi connectivity index (χ3v) is 3.09. The van der Waals surface area contributed by atoms with Crippen molar-refractivity contribution in [2.24, 2.45) is 0 Å². The summed E-state index contributed by atoms with van der Waals surface area (Å²) in [5, 5.41) is 28.8. The minimum Gasteiger partial charge on any atom is -0.394 e. The van der Waals surface area contributed by atoms with Gasteiger partial charge in [0.25, 0.3) is 0 Å². The maximum absolute atomic E-state index is 13.1. The molecule has 4 atom stereocenters. The molecule has 1 aromatic heterocycles. The highest BCUT2D eigenvalue weighted by Gasteiger charge is 2.56. The van der Waals surface area contributed by atoms with E-state index in [-0.39, 0.29) is 5.82 Å². The van der Waals surface area contributed by atoms with Crippen molar-refractivity contribution in [2.75, 3.05) is 19.0 Å². The largest absolute Gasteiger partial charge is 0.394 e. The zero-order chi connectivity index (χ0) is 14.2.